The summed E-state index contributed by atoms with van der Waals surface area (Å²) in [6.07, 6.45) is 1.75. The lowest BCUT2D eigenvalue weighted by atomic mass is 9.88. The summed E-state index contributed by atoms with van der Waals surface area (Å²) in [5, 5.41) is 0. The normalized spacial score (nSPS) is 11.4. The third-order valence-electron chi connectivity index (χ3n) is 3.62. The molecule has 0 fully saturated rings. The van der Waals surface area contributed by atoms with Crippen LogP contribution in [0.5, 0.6) is 5.75 Å². The van der Waals surface area contributed by atoms with Crippen molar-refractivity contribution < 1.29 is 14.3 Å². The molecule has 106 valence electrons. The lowest BCUT2D eigenvalue weighted by Crippen LogP contribution is -2.40. The van der Waals surface area contributed by atoms with E-state index in [4.69, 9.17) is 9.47 Å². The van der Waals surface area contributed by atoms with E-state index in [-0.39, 0.29) is 5.78 Å². The van der Waals surface area contributed by atoms with E-state index >= 15 is 0 Å². The molecule has 0 amide bonds. The lowest BCUT2D eigenvalue weighted by molar-refractivity contribution is -0.141. The SMILES string of the molecule is CCC(CC)(OC)C(=O)Cc1ccc(OC)c(Br)c1. The van der Waals surface area contributed by atoms with Gasteiger partial charge in [0.1, 0.15) is 11.4 Å². The van der Waals surface area contributed by atoms with Crippen molar-refractivity contribution in [1.82, 2.24) is 0 Å². The molecular weight excluding hydrogens is 308 g/mol. The summed E-state index contributed by atoms with van der Waals surface area (Å²) < 4.78 is 11.5. The minimum atomic E-state index is -0.660. The molecule has 4 heteroatoms. The first-order valence-electron chi connectivity index (χ1n) is 6.43. The highest BCUT2D eigenvalue weighted by Crippen LogP contribution is 2.28. The number of hydrogen-bond acceptors (Lipinski definition) is 3. The van der Waals surface area contributed by atoms with Crippen molar-refractivity contribution in [2.75, 3.05) is 14.2 Å². The standard InChI is InChI=1S/C15H21BrO3/c1-5-15(6-2,19-4)14(17)10-11-7-8-13(18-3)12(16)9-11/h7-9H,5-6,10H2,1-4H3. The maximum Gasteiger partial charge on any atom is 0.168 e. The van der Waals surface area contributed by atoms with E-state index in [0.29, 0.717) is 19.3 Å². The van der Waals surface area contributed by atoms with Crippen LogP contribution in [0.25, 0.3) is 0 Å². The molecule has 0 N–H and O–H groups in total. The topological polar surface area (TPSA) is 35.5 Å². The van der Waals surface area contributed by atoms with E-state index in [0.717, 1.165) is 15.8 Å². The summed E-state index contributed by atoms with van der Waals surface area (Å²) in [5.41, 5.74) is 0.299. The van der Waals surface area contributed by atoms with Gasteiger partial charge in [0.25, 0.3) is 0 Å². The maximum absolute atomic E-state index is 12.4. The molecule has 1 aromatic carbocycles. The Bertz CT molecular complexity index is 431. The van der Waals surface area contributed by atoms with Crippen LogP contribution >= 0.6 is 15.9 Å². The second-order valence-corrected chi connectivity index (χ2v) is 5.33. The van der Waals surface area contributed by atoms with Crippen molar-refractivity contribution in [3.8, 4) is 5.75 Å². The fourth-order valence-corrected chi connectivity index (χ4v) is 2.80. The number of hydrogen-bond donors (Lipinski definition) is 0. The van der Waals surface area contributed by atoms with Crippen molar-refractivity contribution >= 4 is 21.7 Å². The number of rotatable bonds is 7. The van der Waals surface area contributed by atoms with Gasteiger partial charge in [0.15, 0.2) is 5.78 Å². The highest BCUT2D eigenvalue weighted by Gasteiger charge is 2.34. The number of carbonyl (C=O) groups excluding carboxylic acids is 1. The predicted octanol–water partition coefficient (Wildman–Crippen LogP) is 3.77. The summed E-state index contributed by atoms with van der Waals surface area (Å²) in [4.78, 5) is 12.4. The van der Waals surface area contributed by atoms with Crippen LogP contribution in [0, 0.1) is 0 Å². The van der Waals surface area contributed by atoms with Gasteiger partial charge in [-0.25, -0.2) is 0 Å². The van der Waals surface area contributed by atoms with Gasteiger partial charge in [0.05, 0.1) is 11.6 Å². The van der Waals surface area contributed by atoms with Gasteiger partial charge >= 0.3 is 0 Å². The Hall–Kier alpha value is -0.870. The molecule has 0 heterocycles. The van der Waals surface area contributed by atoms with Crippen molar-refractivity contribution in [2.45, 2.75) is 38.7 Å². The van der Waals surface area contributed by atoms with Gasteiger partial charge in [-0.15, -0.1) is 0 Å². The van der Waals surface area contributed by atoms with Gasteiger partial charge in [-0.2, -0.15) is 0 Å². The zero-order valence-electron chi connectivity index (χ0n) is 12.0. The Morgan fingerprint density at radius 3 is 2.32 bits per heavy atom. The van der Waals surface area contributed by atoms with E-state index < -0.39 is 5.60 Å². The predicted molar refractivity (Wildman–Crippen MR) is 79.7 cm³/mol. The van der Waals surface area contributed by atoms with Crippen LogP contribution < -0.4 is 4.74 Å². The van der Waals surface area contributed by atoms with Crippen LogP contribution in [-0.4, -0.2) is 25.6 Å². The molecule has 0 aromatic heterocycles. The Labute approximate surface area is 123 Å². The molecule has 1 rings (SSSR count). The Balaban J connectivity index is 2.90. The van der Waals surface area contributed by atoms with Crippen LogP contribution in [0.1, 0.15) is 32.3 Å². The highest BCUT2D eigenvalue weighted by atomic mass is 79.9. The maximum atomic E-state index is 12.4. The quantitative estimate of drug-likeness (QED) is 0.764. The van der Waals surface area contributed by atoms with E-state index in [1.165, 1.54) is 0 Å². The molecule has 0 aliphatic rings. The van der Waals surface area contributed by atoms with Crippen molar-refractivity contribution in [2.24, 2.45) is 0 Å². The van der Waals surface area contributed by atoms with E-state index in [2.05, 4.69) is 15.9 Å². The minimum Gasteiger partial charge on any atom is -0.496 e. The average molecular weight is 329 g/mol. The first-order chi connectivity index (χ1) is 9.02. The molecule has 0 saturated carbocycles. The zero-order chi connectivity index (χ0) is 14.5. The second-order valence-electron chi connectivity index (χ2n) is 4.47. The van der Waals surface area contributed by atoms with E-state index in [1.54, 1.807) is 14.2 Å². The molecule has 0 spiro atoms. The first-order valence-corrected chi connectivity index (χ1v) is 7.23. The minimum absolute atomic E-state index is 0.122. The third-order valence-corrected chi connectivity index (χ3v) is 4.24. The van der Waals surface area contributed by atoms with Crippen molar-refractivity contribution in [1.29, 1.82) is 0 Å². The van der Waals surface area contributed by atoms with Crippen LogP contribution in [0.4, 0.5) is 0 Å². The third kappa shape index (κ3) is 3.57. The summed E-state index contributed by atoms with van der Waals surface area (Å²) in [5.74, 6) is 0.886. The van der Waals surface area contributed by atoms with E-state index in [9.17, 15) is 4.79 Å². The number of halogens is 1. The number of ether oxygens (including phenoxy) is 2. The Kier molecular flexibility index (Phi) is 6.01. The fourth-order valence-electron chi connectivity index (χ4n) is 2.21. The van der Waals surface area contributed by atoms with Gasteiger partial charge in [0, 0.05) is 13.5 Å². The monoisotopic (exact) mass is 328 g/mol. The Morgan fingerprint density at radius 2 is 1.89 bits per heavy atom. The largest absolute Gasteiger partial charge is 0.496 e. The first kappa shape index (κ1) is 16.2. The smallest absolute Gasteiger partial charge is 0.168 e. The number of ketones is 1. The molecule has 0 unspecified atom stereocenters. The van der Waals surface area contributed by atoms with Crippen LogP contribution in [0.15, 0.2) is 22.7 Å². The van der Waals surface area contributed by atoms with Gasteiger partial charge in [-0.05, 0) is 46.5 Å². The molecular formula is C15H21BrO3. The molecule has 0 aliphatic heterocycles. The number of carbonyl (C=O) groups is 1. The Morgan fingerprint density at radius 1 is 1.26 bits per heavy atom. The van der Waals surface area contributed by atoms with Gasteiger partial charge in [0.2, 0.25) is 0 Å². The van der Waals surface area contributed by atoms with Gasteiger partial charge < -0.3 is 9.47 Å². The van der Waals surface area contributed by atoms with Gasteiger partial charge in [-0.1, -0.05) is 19.9 Å². The molecule has 0 bridgehead atoms. The molecule has 19 heavy (non-hydrogen) atoms. The van der Waals surface area contributed by atoms with Crippen molar-refractivity contribution in [3.05, 3.63) is 28.2 Å². The van der Waals surface area contributed by atoms with E-state index in [1.807, 2.05) is 32.0 Å². The lowest BCUT2D eigenvalue weighted by Gasteiger charge is -2.28. The fraction of sp³-hybridized carbons (Fsp3) is 0.533. The molecule has 0 saturated heterocycles. The van der Waals surface area contributed by atoms with Crippen LogP contribution in [-0.2, 0) is 16.0 Å². The second kappa shape index (κ2) is 7.06. The molecule has 0 aliphatic carbocycles. The van der Waals surface area contributed by atoms with Crippen LogP contribution in [0.3, 0.4) is 0 Å². The van der Waals surface area contributed by atoms with Crippen LogP contribution in [0.2, 0.25) is 0 Å². The zero-order valence-corrected chi connectivity index (χ0v) is 13.5. The number of methoxy groups -OCH3 is 2. The highest BCUT2D eigenvalue weighted by molar-refractivity contribution is 9.10. The number of benzene rings is 1. The summed E-state index contributed by atoms with van der Waals surface area (Å²) in [6.45, 7) is 3.96. The molecule has 1 aromatic rings. The van der Waals surface area contributed by atoms with Gasteiger partial charge in [-0.3, -0.25) is 4.79 Å². The summed E-state index contributed by atoms with van der Waals surface area (Å²) in [7, 11) is 3.23. The molecule has 0 radical (unpaired) electrons. The average Bonchev–Trinajstić information content (AvgIpc) is 2.41. The summed E-state index contributed by atoms with van der Waals surface area (Å²) in [6, 6.07) is 5.69. The molecule has 3 nitrogen and oxygen atoms in total. The summed E-state index contributed by atoms with van der Waals surface area (Å²) >= 11 is 3.43. The van der Waals surface area contributed by atoms with Crippen molar-refractivity contribution in [3.63, 3.8) is 0 Å². The molecule has 0 atom stereocenters. The number of Topliss-reactive ketones (excluding diaryl/α,β-unsaturated/α-hetero) is 1.